The maximum atomic E-state index is 14.7. The molecule has 2 saturated heterocycles. The summed E-state index contributed by atoms with van der Waals surface area (Å²) >= 11 is 0. The Balaban J connectivity index is 1.49. The number of methoxy groups -OCH3 is 1. The standard InChI is InChI=1S/C28H29FN4O4S/c1-16-27(17(2)37-31-16)18-4-6-23-22(14-18)30-28(33(23)19-10-12-38(35)13-11-19)24-7-9-26(34)32(24)20-5-8-25(36-3)21(29)15-20/h4-6,8,14-15,19,24H,7,9-13H2,1-3H3/t19?,24-,38?/m0/s1. The lowest BCUT2D eigenvalue weighted by Gasteiger charge is -2.30. The number of benzene rings is 2. The zero-order chi connectivity index (χ0) is 26.6. The van der Waals surface area contributed by atoms with E-state index in [1.807, 2.05) is 26.0 Å². The van der Waals surface area contributed by atoms with E-state index in [0.717, 1.165) is 52.3 Å². The number of fused-ring (bicyclic) bond motifs is 1. The van der Waals surface area contributed by atoms with Crippen LogP contribution >= 0.6 is 0 Å². The molecular weight excluding hydrogens is 507 g/mol. The lowest BCUT2D eigenvalue weighted by atomic mass is 10.0. The van der Waals surface area contributed by atoms with Crippen LogP contribution in [0, 0.1) is 19.7 Å². The van der Waals surface area contributed by atoms with Crippen LogP contribution in [-0.4, -0.2) is 43.4 Å². The second kappa shape index (κ2) is 9.65. The van der Waals surface area contributed by atoms with Gasteiger partial charge in [0.25, 0.3) is 0 Å². The Hall–Kier alpha value is -3.53. The van der Waals surface area contributed by atoms with E-state index in [1.165, 1.54) is 13.2 Å². The first kappa shape index (κ1) is 24.8. The summed E-state index contributed by atoms with van der Waals surface area (Å²) in [7, 11) is 0.603. The Bertz CT molecular complexity index is 1550. The van der Waals surface area contributed by atoms with Crippen molar-refractivity contribution in [3.05, 3.63) is 59.5 Å². The normalized spacial score (nSPS) is 21.9. The average molecular weight is 537 g/mol. The first-order valence-corrected chi connectivity index (χ1v) is 14.3. The number of aromatic nitrogens is 3. The SMILES string of the molecule is COc1ccc(N2C(=O)CC[C@H]2c2nc3cc(-c4c(C)noc4C)ccc3n2C2CCS(=O)CC2)cc1F. The summed E-state index contributed by atoms with van der Waals surface area (Å²) in [6, 6.07) is 10.5. The molecule has 2 aliphatic heterocycles. The van der Waals surface area contributed by atoms with Crippen LogP contribution in [0.4, 0.5) is 10.1 Å². The van der Waals surface area contributed by atoms with Gasteiger partial charge < -0.3 is 18.7 Å². The largest absolute Gasteiger partial charge is 0.494 e. The van der Waals surface area contributed by atoms with Crippen molar-refractivity contribution in [3.63, 3.8) is 0 Å². The fourth-order valence-electron chi connectivity index (χ4n) is 5.88. The first-order valence-electron chi connectivity index (χ1n) is 12.8. The van der Waals surface area contributed by atoms with E-state index in [0.29, 0.717) is 30.0 Å². The Labute approximate surface area is 222 Å². The summed E-state index contributed by atoms with van der Waals surface area (Å²) in [5, 5.41) is 4.10. The number of hydrogen-bond acceptors (Lipinski definition) is 6. The highest BCUT2D eigenvalue weighted by atomic mass is 32.2. The van der Waals surface area contributed by atoms with Crippen LogP contribution < -0.4 is 9.64 Å². The second-order valence-electron chi connectivity index (χ2n) is 9.96. The fourth-order valence-corrected chi connectivity index (χ4v) is 7.16. The number of nitrogens with zero attached hydrogens (tertiary/aromatic N) is 4. The van der Waals surface area contributed by atoms with Gasteiger partial charge in [0, 0.05) is 52.1 Å². The van der Waals surface area contributed by atoms with Gasteiger partial charge in [-0.15, -0.1) is 0 Å². The van der Waals surface area contributed by atoms with Crippen LogP contribution in [-0.2, 0) is 15.6 Å². The summed E-state index contributed by atoms with van der Waals surface area (Å²) in [6.07, 6.45) is 2.47. The zero-order valence-electron chi connectivity index (χ0n) is 21.6. The van der Waals surface area contributed by atoms with Gasteiger partial charge in [0.1, 0.15) is 11.6 Å². The summed E-state index contributed by atoms with van der Waals surface area (Å²) in [5.41, 5.74) is 4.98. The first-order chi connectivity index (χ1) is 18.4. The third-order valence-corrected chi connectivity index (χ3v) is 9.07. The predicted molar refractivity (Wildman–Crippen MR) is 143 cm³/mol. The fraction of sp³-hybridized carbons (Fsp3) is 0.393. The summed E-state index contributed by atoms with van der Waals surface area (Å²) < 4.78 is 39.5. The van der Waals surface area contributed by atoms with Crippen molar-refractivity contribution >= 4 is 33.4 Å². The number of carbonyl (C=O) groups excluding carboxylic acids is 1. The molecule has 2 aromatic carbocycles. The van der Waals surface area contributed by atoms with E-state index in [2.05, 4.69) is 15.8 Å². The minimum atomic E-state index is -0.812. The van der Waals surface area contributed by atoms with Crippen LogP contribution in [0.25, 0.3) is 22.2 Å². The van der Waals surface area contributed by atoms with Gasteiger partial charge in [-0.1, -0.05) is 11.2 Å². The van der Waals surface area contributed by atoms with Gasteiger partial charge in [0.2, 0.25) is 5.91 Å². The molecular formula is C28H29FN4O4S. The summed E-state index contributed by atoms with van der Waals surface area (Å²) in [5.74, 6) is 2.33. The number of aryl methyl sites for hydroxylation is 2. The van der Waals surface area contributed by atoms with Crippen LogP contribution in [0.2, 0.25) is 0 Å². The maximum absolute atomic E-state index is 14.7. The molecule has 0 unspecified atom stereocenters. The molecule has 198 valence electrons. The maximum Gasteiger partial charge on any atom is 0.227 e. The quantitative estimate of drug-likeness (QED) is 0.339. The van der Waals surface area contributed by atoms with Crippen LogP contribution in [0.15, 0.2) is 40.9 Å². The van der Waals surface area contributed by atoms with Crippen molar-refractivity contribution in [1.82, 2.24) is 14.7 Å². The third-order valence-electron chi connectivity index (χ3n) is 7.69. The summed E-state index contributed by atoms with van der Waals surface area (Å²) in [4.78, 5) is 19.9. The predicted octanol–water partition coefficient (Wildman–Crippen LogP) is 5.41. The minimum Gasteiger partial charge on any atom is -0.494 e. The van der Waals surface area contributed by atoms with Gasteiger partial charge in [-0.2, -0.15) is 0 Å². The van der Waals surface area contributed by atoms with Gasteiger partial charge in [0.05, 0.1) is 29.9 Å². The van der Waals surface area contributed by atoms with Crippen molar-refractivity contribution in [1.29, 1.82) is 0 Å². The monoisotopic (exact) mass is 536 g/mol. The van der Waals surface area contributed by atoms with Gasteiger partial charge in [-0.25, -0.2) is 9.37 Å². The molecule has 2 aromatic heterocycles. The highest BCUT2D eigenvalue weighted by Crippen LogP contribution is 2.42. The number of hydrogen-bond donors (Lipinski definition) is 0. The Morgan fingerprint density at radius 1 is 1.11 bits per heavy atom. The number of rotatable bonds is 5. The molecule has 0 spiro atoms. The van der Waals surface area contributed by atoms with E-state index in [1.54, 1.807) is 17.0 Å². The Morgan fingerprint density at radius 2 is 1.89 bits per heavy atom. The van der Waals surface area contributed by atoms with Crippen molar-refractivity contribution < 1.29 is 22.7 Å². The summed E-state index contributed by atoms with van der Waals surface area (Å²) in [6.45, 7) is 3.81. The molecule has 1 amide bonds. The highest BCUT2D eigenvalue weighted by Gasteiger charge is 2.38. The van der Waals surface area contributed by atoms with Gasteiger partial charge in [0.15, 0.2) is 11.6 Å². The molecule has 0 saturated carbocycles. The molecule has 6 rings (SSSR count). The molecule has 0 bridgehead atoms. The molecule has 0 aliphatic carbocycles. The number of amides is 1. The molecule has 0 radical (unpaired) electrons. The molecule has 4 heterocycles. The second-order valence-corrected chi connectivity index (χ2v) is 11.7. The van der Waals surface area contributed by atoms with E-state index < -0.39 is 16.6 Å². The van der Waals surface area contributed by atoms with Gasteiger partial charge in [-0.05, 0) is 62.9 Å². The molecule has 4 aromatic rings. The Kier molecular flexibility index (Phi) is 6.29. The van der Waals surface area contributed by atoms with Crippen molar-refractivity contribution in [2.24, 2.45) is 0 Å². The number of imidazole rings is 1. The molecule has 10 heteroatoms. The topological polar surface area (TPSA) is 90.5 Å². The van der Waals surface area contributed by atoms with E-state index in [4.69, 9.17) is 14.2 Å². The lowest BCUT2D eigenvalue weighted by molar-refractivity contribution is -0.117. The van der Waals surface area contributed by atoms with Gasteiger partial charge in [-0.3, -0.25) is 9.00 Å². The number of halogens is 1. The molecule has 0 N–H and O–H groups in total. The van der Waals surface area contributed by atoms with Crippen LogP contribution in [0.3, 0.4) is 0 Å². The molecule has 1 atom stereocenters. The van der Waals surface area contributed by atoms with E-state index in [9.17, 15) is 13.4 Å². The molecule has 2 aliphatic rings. The van der Waals surface area contributed by atoms with Crippen LogP contribution in [0.5, 0.6) is 5.75 Å². The van der Waals surface area contributed by atoms with Gasteiger partial charge >= 0.3 is 0 Å². The number of anilines is 1. The lowest BCUT2D eigenvalue weighted by Crippen LogP contribution is -2.31. The molecule has 8 nitrogen and oxygen atoms in total. The van der Waals surface area contributed by atoms with Crippen molar-refractivity contribution in [2.75, 3.05) is 23.5 Å². The van der Waals surface area contributed by atoms with Crippen molar-refractivity contribution in [2.45, 2.75) is 51.6 Å². The average Bonchev–Trinajstić information content (AvgIpc) is 3.58. The van der Waals surface area contributed by atoms with Crippen LogP contribution in [0.1, 0.15) is 55.0 Å². The molecule has 38 heavy (non-hydrogen) atoms. The number of ether oxygens (including phenoxy) is 1. The van der Waals surface area contributed by atoms with E-state index >= 15 is 0 Å². The highest BCUT2D eigenvalue weighted by molar-refractivity contribution is 7.85. The zero-order valence-corrected chi connectivity index (χ0v) is 22.4. The Morgan fingerprint density at radius 3 is 2.58 bits per heavy atom. The van der Waals surface area contributed by atoms with E-state index in [-0.39, 0.29) is 23.7 Å². The number of carbonyl (C=O) groups is 1. The minimum absolute atomic E-state index is 0.0701. The smallest absolute Gasteiger partial charge is 0.227 e. The third kappa shape index (κ3) is 4.11. The molecule has 2 fully saturated rings. The van der Waals surface area contributed by atoms with Crippen molar-refractivity contribution in [3.8, 4) is 16.9 Å².